The molecule has 0 spiro atoms. The lowest BCUT2D eigenvalue weighted by molar-refractivity contribution is 0.282. The average Bonchev–Trinajstić information content (AvgIpc) is 2.29. The molecule has 0 N–H and O–H groups in total. The van der Waals surface area contributed by atoms with Crippen molar-refractivity contribution in [3.8, 4) is 5.88 Å². The Morgan fingerprint density at radius 1 is 1.42 bits per heavy atom. The van der Waals surface area contributed by atoms with Gasteiger partial charge in [-0.2, -0.15) is 5.10 Å². The van der Waals surface area contributed by atoms with Crippen molar-refractivity contribution in [3.63, 3.8) is 0 Å². The van der Waals surface area contributed by atoms with Gasteiger partial charge in [0, 0.05) is 6.07 Å². The first kappa shape index (κ1) is 9.10. The van der Waals surface area contributed by atoms with Crippen molar-refractivity contribution >= 4 is 0 Å². The summed E-state index contributed by atoms with van der Waals surface area (Å²) in [5.41, 5.74) is 0.973. The molecule has 3 heteroatoms. The first-order chi connectivity index (χ1) is 5.45. The standard InChI is InChI=1S/C9H16N2O/c1-7-6-8(12-5)11(10-7)9(2,3)4/h6H,1-5H3. The molecule has 12 heavy (non-hydrogen) atoms. The van der Waals surface area contributed by atoms with Crippen molar-refractivity contribution in [2.45, 2.75) is 33.2 Å². The van der Waals surface area contributed by atoms with Crippen molar-refractivity contribution in [2.75, 3.05) is 7.11 Å². The molecule has 68 valence electrons. The zero-order valence-electron chi connectivity index (χ0n) is 8.38. The summed E-state index contributed by atoms with van der Waals surface area (Å²) in [4.78, 5) is 0. The van der Waals surface area contributed by atoms with Gasteiger partial charge in [0.1, 0.15) is 0 Å². The topological polar surface area (TPSA) is 27.1 Å². The number of aromatic nitrogens is 2. The zero-order chi connectivity index (χ0) is 9.35. The van der Waals surface area contributed by atoms with Crippen LogP contribution in [0, 0.1) is 6.92 Å². The van der Waals surface area contributed by atoms with Crippen LogP contribution in [0.1, 0.15) is 26.5 Å². The van der Waals surface area contributed by atoms with E-state index in [1.807, 2.05) is 17.7 Å². The van der Waals surface area contributed by atoms with E-state index < -0.39 is 0 Å². The maximum Gasteiger partial charge on any atom is 0.212 e. The number of ether oxygens (including phenoxy) is 1. The fourth-order valence-corrected chi connectivity index (χ4v) is 1.10. The van der Waals surface area contributed by atoms with Crippen molar-refractivity contribution in [1.29, 1.82) is 0 Å². The molecule has 1 aromatic rings. The highest BCUT2D eigenvalue weighted by Gasteiger charge is 2.18. The molecule has 0 saturated heterocycles. The summed E-state index contributed by atoms with van der Waals surface area (Å²) in [7, 11) is 1.67. The Balaban J connectivity index is 3.13. The quantitative estimate of drug-likeness (QED) is 0.641. The Bertz CT molecular complexity index is 271. The van der Waals surface area contributed by atoms with Gasteiger partial charge in [-0.15, -0.1) is 0 Å². The Labute approximate surface area is 73.3 Å². The normalized spacial score (nSPS) is 11.8. The SMILES string of the molecule is COc1cc(C)nn1C(C)(C)C. The number of aryl methyl sites for hydroxylation is 1. The molecule has 0 fully saturated rings. The lowest BCUT2D eigenvalue weighted by Gasteiger charge is -2.21. The summed E-state index contributed by atoms with van der Waals surface area (Å²) in [6.45, 7) is 8.26. The minimum Gasteiger partial charge on any atom is -0.481 e. The summed E-state index contributed by atoms with van der Waals surface area (Å²) in [5, 5.41) is 4.34. The van der Waals surface area contributed by atoms with Gasteiger partial charge in [-0.3, -0.25) is 0 Å². The fraction of sp³-hybridized carbons (Fsp3) is 0.667. The second-order valence-corrected chi connectivity index (χ2v) is 3.91. The first-order valence-electron chi connectivity index (χ1n) is 4.06. The van der Waals surface area contributed by atoms with E-state index in [9.17, 15) is 0 Å². The second-order valence-electron chi connectivity index (χ2n) is 3.91. The van der Waals surface area contributed by atoms with Crippen molar-refractivity contribution in [2.24, 2.45) is 0 Å². The van der Waals surface area contributed by atoms with E-state index in [4.69, 9.17) is 4.74 Å². The van der Waals surface area contributed by atoms with Crippen LogP contribution in [-0.4, -0.2) is 16.9 Å². The predicted octanol–water partition coefficient (Wildman–Crippen LogP) is 1.96. The molecular formula is C9H16N2O. The van der Waals surface area contributed by atoms with E-state index in [0.29, 0.717) is 0 Å². The van der Waals surface area contributed by atoms with Gasteiger partial charge in [0.2, 0.25) is 5.88 Å². The van der Waals surface area contributed by atoms with Crippen LogP contribution >= 0.6 is 0 Å². The van der Waals surface area contributed by atoms with E-state index in [1.165, 1.54) is 0 Å². The number of hydrogen-bond donors (Lipinski definition) is 0. The Kier molecular flexibility index (Phi) is 2.13. The van der Waals surface area contributed by atoms with Crippen molar-refractivity contribution in [3.05, 3.63) is 11.8 Å². The first-order valence-corrected chi connectivity index (χ1v) is 4.06. The van der Waals surface area contributed by atoms with Crippen molar-refractivity contribution < 1.29 is 4.74 Å². The number of nitrogens with zero attached hydrogens (tertiary/aromatic N) is 2. The Hall–Kier alpha value is -0.990. The zero-order valence-corrected chi connectivity index (χ0v) is 8.38. The maximum atomic E-state index is 5.19. The molecule has 0 unspecified atom stereocenters. The van der Waals surface area contributed by atoms with Crippen LogP contribution in [0.4, 0.5) is 0 Å². The van der Waals surface area contributed by atoms with Gasteiger partial charge in [-0.05, 0) is 27.7 Å². The molecule has 0 aliphatic carbocycles. The van der Waals surface area contributed by atoms with Crippen LogP contribution in [0.15, 0.2) is 6.07 Å². The maximum absolute atomic E-state index is 5.19. The fourth-order valence-electron chi connectivity index (χ4n) is 1.10. The van der Waals surface area contributed by atoms with Gasteiger partial charge >= 0.3 is 0 Å². The van der Waals surface area contributed by atoms with Gasteiger partial charge in [-0.1, -0.05) is 0 Å². The lowest BCUT2D eigenvalue weighted by atomic mass is 10.1. The van der Waals surface area contributed by atoms with Gasteiger partial charge in [0.15, 0.2) is 0 Å². The van der Waals surface area contributed by atoms with Gasteiger partial charge in [0.05, 0.1) is 18.3 Å². The van der Waals surface area contributed by atoms with Gasteiger partial charge in [0.25, 0.3) is 0 Å². The Morgan fingerprint density at radius 3 is 2.33 bits per heavy atom. The summed E-state index contributed by atoms with van der Waals surface area (Å²) in [5.74, 6) is 0.819. The van der Waals surface area contributed by atoms with Gasteiger partial charge in [-0.25, -0.2) is 4.68 Å². The number of hydrogen-bond acceptors (Lipinski definition) is 2. The summed E-state index contributed by atoms with van der Waals surface area (Å²) < 4.78 is 7.08. The molecule has 1 aromatic heterocycles. The molecule has 0 radical (unpaired) electrons. The lowest BCUT2D eigenvalue weighted by Crippen LogP contribution is -2.23. The van der Waals surface area contributed by atoms with E-state index in [1.54, 1.807) is 7.11 Å². The molecule has 0 atom stereocenters. The number of rotatable bonds is 1. The third-order valence-corrected chi connectivity index (χ3v) is 1.64. The number of methoxy groups -OCH3 is 1. The van der Waals surface area contributed by atoms with Crippen LogP contribution < -0.4 is 4.74 Å². The third kappa shape index (κ3) is 1.60. The average molecular weight is 168 g/mol. The molecule has 1 rings (SSSR count). The summed E-state index contributed by atoms with van der Waals surface area (Å²) in [6, 6.07) is 1.94. The monoisotopic (exact) mass is 168 g/mol. The molecule has 0 saturated carbocycles. The van der Waals surface area contributed by atoms with Gasteiger partial charge < -0.3 is 4.74 Å². The summed E-state index contributed by atoms with van der Waals surface area (Å²) in [6.07, 6.45) is 0. The molecule has 0 bridgehead atoms. The van der Waals surface area contributed by atoms with Crippen LogP contribution in [0.5, 0.6) is 5.88 Å². The summed E-state index contributed by atoms with van der Waals surface area (Å²) >= 11 is 0. The highest BCUT2D eigenvalue weighted by atomic mass is 16.5. The second kappa shape index (κ2) is 2.81. The molecule has 0 amide bonds. The molecule has 0 aliphatic heterocycles. The van der Waals surface area contributed by atoms with E-state index in [2.05, 4.69) is 25.9 Å². The molecule has 1 heterocycles. The van der Waals surface area contributed by atoms with Crippen LogP contribution in [0.25, 0.3) is 0 Å². The highest BCUT2D eigenvalue weighted by Crippen LogP contribution is 2.22. The Morgan fingerprint density at radius 2 is 2.00 bits per heavy atom. The molecule has 0 aliphatic rings. The van der Waals surface area contributed by atoms with E-state index in [-0.39, 0.29) is 5.54 Å². The molecule has 3 nitrogen and oxygen atoms in total. The smallest absolute Gasteiger partial charge is 0.212 e. The van der Waals surface area contributed by atoms with Crippen molar-refractivity contribution in [1.82, 2.24) is 9.78 Å². The highest BCUT2D eigenvalue weighted by molar-refractivity contribution is 5.16. The van der Waals surface area contributed by atoms with Crippen LogP contribution in [0.2, 0.25) is 0 Å². The minimum absolute atomic E-state index is 0.0143. The third-order valence-electron chi connectivity index (χ3n) is 1.64. The van der Waals surface area contributed by atoms with Crippen LogP contribution in [-0.2, 0) is 5.54 Å². The largest absolute Gasteiger partial charge is 0.481 e. The molecule has 0 aromatic carbocycles. The molecular weight excluding hydrogens is 152 g/mol. The predicted molar refractivity (Wildman–Crippen MR) is 48.5 cm³/mol. The minimum atomic E-state index is -0.0143. The van der Waals surface area contributed by atoms with E-state index >= 15 is 0 Å². The van der Waals surface area contributed by atoms with E-state index in [0.717, 1.165) is 11.6 Å². The van der Waals surface area contributed by atoms with Crippen LogP contribution in [0.3, 0.4) is 0 Å².